The van der Waals surface area contributed by atoms with E-state index >= 15 is 8.78 Å². The molecule has 0 N–H and O–H groups in total. The number of alkyl halides is 2. The maximum atomic E-state index is 15.1. The van der Waals surface area contributed by atoms with E-state index in [2.05, 4.69) is 15.0 Å². The number of rotatable bonds is 3. The highest BCUT2D eigenvalue weighted by Crippen LogP contribution is 2.57. The van der Waals surface area contributed by atoms with E-state index in [1.54, 1.807) is 13.8 Å². The van der Waals surface area contributed by atoms with Crippen LogP contribution in [0.15, 0.2) is 6.33 Å². The first-order valence-corrected chi connectivity index (χ1v) is 8.10. The van der Waals surface area contributed by atoms with Crippen molar-refractivity contribution in [2.45, 2.75) is 51.9 Å². The molecule has 3 heterocycles. The molecular formula is C14H16Cl2F2N4O. The van der Waals surface area contributed by atoms with Gasteiger partial charge in [-0.1, -0.05) is 32.4 Å². The third-order valence-electron chi connectivity index (χ3n) is 4.78. The molecule has 126 valence electrons. The Morgan fingerprint density at radius 2 is 2.00 bits per heavy atom. The first-order valence-electron chi connectivity index (χ1n) is 7.35. The number of hydrogen-bond acceptors (Lipinski definition) is 4. The van der Waals surface area contributed by atoms with E-state index in [1.165, 1.54) is 10.9 Å². The van der Waals surface area contributed by atoms with E-state index in [4.69, 9.17) is 27.9 Å². The van der Waals surface area contributed by atoms with Gasteiger partial charge in [0, 0.05) is 0 Å². The number of ether oxygens (including phenoxy) is 1. The zero-order chi connectivity index (χ0) is 17.0. The molecule has 9 heteroatoms. The summed E-state index contributed by atoms with van der Waals surface area (Å²) in [7, 11) is 0. The van der Waals surface area contributed by atoms with Crippen molar-refractivity contribution >= 4 is 34.4 Å². The largest absolute Gasteiger partial charge is 0.348 e. The van der Waals surface area contributed by atoms with E-state index in [-0.39, 0.29) is 28.0 Å². The lowest BCUT2D eigenvalue weighted by atomic mass is 9.76. The fourth-order valence-electron chi connectivity index (χ4n) is 3.17. The summed E-state index contributed by atoms with van der Waals surface area (Å²) in [5.74, 6) is -3.10. The molecule has 5 nitrogen and oxygen atoms in total. The quantitative estimate of drug-likeness (QED) is 0.594. The van der Waals surface area contributed by atoms with E-state index in [1.807, 2.05) is 6.92 Å². The normalized spacial score (nSPS) is 30.2. The molecule has 0 saturated carbocycles. The number of fused-ring (bicyclic) bond motifs is 1. The summed E-state index contributed by atoms with van der Waals surface area (Å²) < 4.78 is 37.1. The Labute approximate surface area is 142 Å². The molecule has 23 heavy (non-hydrogen) atoms. The lowest BCUT2D eigenvalue weighted by Gasteiger charge is -2.33. The fourth-order valence-corrected chi connectivity index (χ4v) is 3.59. The molecule has 1 saturated heterocycles. The van der Waals surface area contributed by atoms with Gasteiger partial charge in [0.05, 0.1) is 17.8 Å². The summed E-state index contributed by atoms with van der Waals surface area (Å²) >= 11 is 11.7. The average Bonchev–Trinajstić information content (AvgIpc) is 2.98. The van der Waals surface area contributed by atoms with Crippen molar-refractivity contribution in [3.05, 3.63) is 16.8 Å². The molecule has 3 atom stereocenters. The van der Waals surface area contributed by atoms with Crippen molar-refractivity contribution < 1.29 is 13.5 Å². The average molecular weight is 365 g/mol. The van der Waals surface area contributed by atoms with Gasteiger partial charge in [-0.25, -0.2) is 18.7 Å². The van der Waals surface area contributed by atoms with Crippen LogP contribution in [0.2, 0.25) is 10.4 Å². The number of halogens is 4. The van der Waals surface area contributed by atoms with Crippen molar-refractivity contribution in [3.8, 4) is 0 Å². The fraction of sp³-hybridized carbons (Fsp3) is 0.643. The predicted molar refractivity (Wildman–Crippen MR) is 82.9 cm³/mol. The van der Waals surface area contributed by atoms with Crippen LogP contribution in [0.25, 0.3) is 11.2 Å². The van der Waals surface area contributed by atoms with Crippen LogP contribution in [0.3, 0.4) is 0 Å². The highest BCUT2D eigenvalue weighted by molar-refractivity contribution is 6.35. The minimum Gasteiger partial charge on any atom is -0.348 e. The molecule has 1 aliphatic heterocycles. The molecule has 0 spiro atoms. The van der Waals surface area contributed by atoms with E-state index < -0.39 is 23.7 Å². The molecule has 1 unspecified atom stereocenters. The third-order valence-corrected chi connectivity index (χ3v) is 5.22. The Balaban J connectivity index is 2.16. The second-order valence-corrected chi connectivity index (χ2v) is 6.58. The standard InChI is InChI=1S/C14H16Cl2F2N4O/c1-4-7-13(3,5-2)14(17,18)11(23-7)22-6-19-8-9(15)20-12(16)21-10(8)22/h6-7,11H,4-5H2,1-3H3/t7-,11-,13?/m1/s1. The second-order valence-electron chi connectivity index (χ2n) is 5.89. The van der Waals surface area contributed by atoms with Gasteiger partial charge in [0.1, 0.15) is 5.52 Å². The highest BCUT2D eigenvalue weighted by atomic mass is 35.5. The molecule has 0 aliphatic carbocycles. The van der Waals surface area contributed by atoms with Gasteiger partial charge < -0.3 is 4.74 Å². The second kappa shape index (κ2) is 5.50. The van der Waals surface area contributed by atoms with Crippen LogP contribution in [0.4, 0.5) is 8.78 Å². The van der Waals surface area contributed by atoms with Gasteiger partial charge in [-0.2, -0.15) is 4.98 Å². The minimum atomic E-state index is -3.10. The molecular weight excluding hydrogens is 349 g/mol. The van der Waals surface area contributed by atoms with Crippen LogP contribution >= 0.6 is 23.2 Å². The molecule has 2 aromatic heterocycles. The van der Waals surface area contributed by atoms with Gasteiger partial charge >= 0.3 is 0 Å². The highest BCUT2D eigenvalue weighted by Gasteiger charge is 2.66. The summed E-state index contributed by atoms with van der Waals surface area (Å²) in [4.78, 5) is 11.8. The van der Waals surface area contributed by atoms with E-state index in [0.29, 0.717) is 6.42 Å². The number of imidazole rings is 1. The van der Waals surface area contributed by atoms with E-state index in [0.717, 1.165) is 0 Å². The molecule has 3 rings (SSSR count). The lowest BCUT2D eigenvalue weighted by molar-refractivity contribution is -0.143. The summed E-state index contributed by atoms with van der Waals surface area (Å²) in [5.41, 5.74) is -0.924. The van der Waals surface area contributed by atoms with Crippen LogP contribution < -0.4 is 0 Å². The zero-order valence-electron chi connectivity index (χ0n) is 12.9. The maximum Gasteiger partial charge on any atom is 0.300 e. The lowest BCUT2D eigenvalue weighted by Crippen LogP contribution is -2.43. The molecule has 0 aromatic carbocycles. The predicted octanol–water partition coefficient (Wildman–Crippen LogP) is 4.49. The molecule has 1 fully saturated rings. The van der Waals surface area contributed by atoms with Crippen molar-refractivity contribution in [2.24, 2.45) is 5.41 Å². The zero-order valence-corrected chi connectivity index (χ0v) is 14.4. The van der Waals surface area contributed by atoms with Gasteiger partial charge in [-0.15, -0.1) is 0 Å². The van der Waals surface area contributed by atoms with Gasteiger partial charge in [0.25, 0.3) is 5.92 Å². The Kier molecular flexibility index (Phi) is 4.01. The van der Waals surface area contributed by atoms with Crippen LogP contribution in [0.1, 0.15) is 39.8 Å². The van der Waals surface area contributed by atoms with Crippen LogP contribution in [0.5, 0.6) is 0 Å². The molecule has 2 aromatic rings. The van der Waals surface area contributed by atoms with Crippen LogP contribution in [-0.4, -0.2) is 31.5 Å². The summed E-state index contributed by atoms with van der Waals surface area (Å²) in [6.07, 6.45) is -0.0615. The number of aromatic nitrogens is 4. The van der Waals surface area contributed by atoms with Gasteiger partial charge in [-0.3, -0.25) is 4.57 Å². The van der Waals surface area contributed by atoms with Crippen molar-refractivity contribution in [1.82, 2.24) is 19.5 Å². The smallest absolute Gasteiger partial charge is 0.300 e. The van der Waals surface area contributed by atoms with Crippen molar-refractivity contribution in [2.75, 3.05) is 0 Å². The minimum absolute atomic E-state index is 0.0189. The first kappa shape index (κ1) is 16.8. The Bertz CT molecular complexity index is 754. The SMILES string of the molecule is CC[C@H]1O[C@@H](n2cnc3c(Cl)nc(Cl)nc32)C(F)(F)C1(C)CC. The van der Waals surface area contributed by atoms with Crippen molar-refractivity contribution in [3.63, 3.8) is 0 Å². The number of nitrogens with zero attached hydrogens (tertiary/aromatic N) is 4. The molecule has 1 aliphatic rings. The Morgan fingerprint density at radius 1 is 1.30 bits per heavy atom. The molecule has 0 bridgehead atoms. The topological polar surface area (TPSA) is 52.8 Å². The number of hydrogen-bond donors (Lipinski definition) is 0. The van der Waals surface area contributed by atoms with Gasteiger partial charge in [-0.05, 0) is 24.4 Å². The van der Waals surface area contributed by atoms with E-state index in [9.17, 15) is 0 Å². The van der Waals surface area contributed by atoms with Crippen LogP contribution in [-0.2, 0) is 4.74 Å². The van der Waals surface area contributed by atoms with Gasteiger partial charge in [0.15, 0.2) is 10.8 Å². The monoisotopic (exact) mass is 364 g/mol. The summed E-state index contributed by atoms with van der Waals surface area (Å²) in [5, 5.41) is -0.110. The van der Waals surface area contributed by atoms with Crippen LogP contribution in [0, 0.1) is 5.41 Å². The maximum absolute atomic E-state index is 15.1. The Morgan fingerprint density at radius 3 is 2.57 bits per heavy atom. The summed E-state index contributed by atoms with van der Waals surface area (Å²) in [6, 6.07) is 0. The Hall–Kier alpha value is -1.05. The van der Waals surface area contributed by atoms with Gasteiger partial charge in [0.2, 0.25) is 11.5 Å². The van der Waals surface area contributed by atoms with Crippen molar-refractivity contribution in [1.29, 1.82) is 0 Å². The third kappa shape index (κ3) is 2.24. The first-order chi connectivity index (χ1) is 10.8. The summed E-state index contributed by atoms with van der Waals surface area (Å²) in [6.45, 7) is 5.12. The molecule has 0 amide bonds. The molecule has 0 radical (unpaired) electrons.